The highest BCUT2D eigenvalue weighted by Crippen LogP contribution is 2.04. The van der Waals surface area contributed by atoms with Gasteiger partial charge in [0.2, 0.25) is 0 Å². The van der Waals surface area contributed by atoms with Crippen LogP contribution in [0.2, 0.25) is 0 Å². The molecule has 2 N–H and O–H groups in total. The van der Waals surface area contributed by atoms with Crippen LogP contribution in [0.4, 0.5) is 0 Å². The van der Waals surface area contributed by atoms with Gasteiger partial charge in [0.1, 0.15) is 0 Å². The molecule has 1 aromatic rings. The zero-order valence-corrected chi connectivity index (χ0v) is 7.14. The molecule has 0 unspecified atom stereocenters. The lowest BCUT2D eigenvalue weighted by Gasteiger charge is -1.98. The molecule has 1 rings (SSSR count). The van der Waals surface area contributed by atoms with Crippen LogP contribution in [0.5, 0.6) is 0 Å². The Morgan fingerprint density at radius 3 is 2.09 bits per heavy atom. The standard InChI is InChI=1S/C9H12ClN/c10-6-5-8-1-3-9(7-11)4-2-8/h1-4H,5-7,11H2. The number of hydrogen-bond donors (Lipinski definition) is 1. The van der Waals surface area contributed by atoms with Crippen LogP contribution in [0, 0.1) is 0 Å². The van der Waals surface area contributed by atoms with Crippen LogP contribution in [-0.2, 0) is 13.0 Å². The third-order valence-electron chi connectivity index (χ3n) is 1.64. The van der Waals surface area contributed by atoms with Crippen LogP contribution >= 0.6 is 11.6 Å². The lowest BCUT2D eigenvalue weighted by Crippen LogP contribution is -1.96. The van der Waals surface area contributed by atoms with Crippen molar-refractivity contribution in [1.82, 2.24) is 0 Å². The minimum Gasteiger partial charge on any atom is -0.326 e. The smallest absolute Gasteiger partial charge is 0.0263 e. The van der Waals surface area contributed by atoms with E-state index in [1.54, 1.807) is 0 Å². The van der Waals surface area contributed by atoms with E-state index in [1.165, 1.54) is 11.1 Å². The zero-order valence-electron chi connectivity index (χ0n) is 6.39. The molecule has 0 aromatic heterocycles. The molecule has 0 spiro atoms. The Bertz CT molecular complexity index is 205. The molecule has 60 valence electrons. The molecule has 1 aromatic carbocycles. The van der Waals surface area contributed by atoms with Gasteiger partial charge in [-0.15, -0.1) is 11.6 Å². The van der Waals surface area contributed by atoms with E-state index in [2.05, 4.69) is 12.1 Å². The van der Waals surface area contributed by atoms with E-state index in [0.29, 0.717) is 12.4 Å². The summed E-state index contributed by atoms with van der Waals surface area (Å²) in [5, 5.41) is 0. The lowest BCUT2D eigenvalue weighted by atomic mass is 10.1. The summed E-state index contributed by atoms with van der Waals surface area (Å²) < 4.78 is 0. The second-order valence-electron chi connectivity index (χ2n) is 2.46. The third kappa shape index (κ3) is 2.52. The molecule has 0 radical (unpaired) electrons. The van der Waals surface area contributed by atoms with Crippen molar-refractivity contribution in [1.29, 1.82) is 0 Å². The zero-order chi connectivity index (χ0) is 8.10. The number of rotatable bonds is 3. The van der Waals surface area contributed by atoms with Gasteiger partial charge in [0.25, 0.3) is 0 Å². The Morgan fingerprint density at radius 1 is 1.09 bits per heavy atom. The predicted molar refractivity (Wildman–Crippen MR) is 48.8 cm³/mol. The first-order chi connectivity index (χ1) is 5.36. The van der Waals surface area contributed by atoms with Gasteiger partial charge >= 0.3 is 0 Å². The van der Waals surface area contributed by atoms with Crippen LogP contribution in [-0.4, -0.2) is 5.88 Å². The lowest BCUT2D eigenvalue weighted by molar-refractivity contribution is 1.06. The maximum atomic E-state index is 5.59. The monoisotopic (exact) mass is 169 g/mol. The minimum atomic E-state index is 0.612. The number of benzene rings is 1. The van der Waals surface area contributed by atoms with Crippen LogP contribution in [0.1, 0.15) is 11.1 Å². The van der Waals surface area contributed by atoms with Crippen LogP contribution in [0.3, 0.4) is 0 Å². The van der Waals surface area contributed by atoms with E-state index in [1.807, 2.05) is 12.1 Å². The van der Waals surface area contributed by atoms with Crippen LogP contribution in [0.15, 0.2) is 24.3 Å². The van der Waals surface area contributed by atoms with Crippen molar-refractivity contribution in [3.8, 4) is 0 Å². The quantitative estimate of drug-likeness (QED) is 0.688. The molecule has 0 heterocycles. The largest absolute Gasteiger partial charge is 0.326 e. The number of alkyl halides is 1. The number of nitrogens with two attached hydrogens (primary N) is 1. The SMILES string of the molecule is NCc1ccc(CCCl)cc1. The molecular formula is C9H12ClN. The Labute approximate surface area is 72.2 Å². The van der Waals surface area contributed by atoms with E-state index in [9.17, 15) is 0 Å². The van der Waals surface area contributed by atoms with Crippen molar-refractivity contribution in [3.05, 3.63) is 35.4 Å². The fourth-order valence-corrected chi connectivity index (χ4v) is 1.17. The van der Waals surface area contributed by atoms with Gasteiger partial charge in [-0.25, -0.2) is 0 Å². The highest BCUT2D eigenvalue weighted by atomic mass is 35.5. The van der Waals surface area contributed by atoms with Crippen molar-refractivity contribution in [2.75, 3.05) is 5.88 Å². The second-order valence-corrected chi connectivity index (χ2v) is 2.84. The molecule has 0 atom stereocenters. The highest BCUT2D eigenvalue weighted by Gasteiger charge is 1.91. The van der Waals surface area contributed by atoms with Crippen molar-refractivity contribution in [2.24, 2.45) is 5.73 Å². The van der Waals surface area contributed by atoms with Gasteiger partial charge in [0.05, 0.1) is 0 Å². The number of aryl methyl sites for hydroxylation is 1. The van der Waals surface area contributed by atoms with Crippen LogP contribution in [0.25, 0.3) is 0 Å². The first-order valence-corrected chi connectivity index (χ1v) is 4.24. The van der Waals surface area contributed by atoms with E-state index in [4.69, 9.17) is 17.3 Å². The summed E-state index contributed by atoms with van der Waals surface area (Å²) in [5.41, 5.74) is 7.89. The molecule has 11 heavy (non-hydrogen) atoms. The third-order valence-corrected chi connectivity index (χ3v) is 1.83. The molecule has 2 heteroatoms. The van der Waals surface area contributed by atoms with Gasteiger partial charge in [-0.3, -0.25) is 0 Å². The number of halogens is 1. The summed E-state index contributed by atoms with van der Waals surface area (Å²) in [6.07, 6.45) is 0.937. The second kappa shape index (κ2) is 4.37. The molecule has 0 aliphatic carbocycles. The van der Waals surface area contributed by atoms with Gasteiger partial charge in [-0.05, 0) is 17.5 Å². The average molecular weight is 170 g/mol. The number of hydrogen-bond acceptors (Lipinski definition) is 1. The normalized spacial score (nSPS) is 10.0. The molecule has 0 bridgehead atoms. The fourth-order valence-electron chi connectivity index (χ4n) is 0.951. The molecule has 0 saturated carbocycles. The maximum Gasteiger partial charge on any atom is 0.0263 e. The Kier molecular flexibility index (Phi) is 3.40. The molecule has 0 fully saturated rings. The molecule has 0 amide bonds. The van der Waals surface area contributed by atoms with Gasteiger partial charge in [-0.1, -0.05) is 24.3 Å². The minimum absolute atomic E-state index is 0.612. The summed E-state index contributed by atoms with van der Waals surface area (Å²) in [6, 6.07) is 8.24. The first kappa shape index (κ1) is 8.57. The molecule has 1 nitrogen and oxygen atoms in total. The maximum absolute atomic E-state index is 5.59. The van der Waals surface area contributed by atoms with E-state index in [-0.39, 0.29) is 0 Å². The van der Waals surface area contributed by atoms with Gasteiger partial charge in [0.15, 0.2) is 0 Å². The highest BCUT2D eigenvalue weighted by molar-refractivity contribution is 6.17. The molecular weight excluding hydrogens is 158 g/mol. The summed E-state index contributed by atoms with van der Waals surface area (Å²) in [7, 11) is 0. The topological polar surface area (TPSA) is 26.0 Å². The Morgan fingerprint density at radius 2 is 1.64 bits per heavy atom. The Hall–Kier alpha value is -0.530. The van der Waals surface area contributed by atoms with Gasteiger partial charge in [-0.2, -0.15) is 0 Å². The Balaban J connectivity index is 2.66. The van der Waals surface area contributed by atoms with E-state index >= 15 is 0 Å². The van der Waals surface area contributed by atoms with Crippen molar-refractivity contribution >= 4 is 11.6 Å². The van der Waals surface area contributed by atoms with Crippen molar-refractivity contribution in [3.63, 3.8) is 0 Å². The van der Waals surface area contributed by atoms with E-state index < -0.39 is 0 Å². The summed E-state index contributed by atoms with van der Waals surface area (Å²) in [6.45, 7) is 0.612. The first-order valence-electron chi connectivity index (χ1n) is 3.70. The van der Waals surface area contributed by atoms with Crippen molar-refractivity contribution in [2.45, 2.75) is 13.0 Å². The molecule has 0 aliphatic rings. The molecule has 0 saturated heterocycles. The average Bonchev–Trinajstić information content (AvgIpc) is 2.07. The summed E-state index contributed by atoms with van der Waals surface area (Å²) >= 11 is 5.59. The summed E-state index contributed by atoms with van der Waals surface area (Å²) in [4.78, 5) is 0. The van der Waals surface area contributed by atoms with Gasteiger partial charge < -0.3 is 5.73 Å². The van der Waals surface area contributed by atoms with Crippen LogP contribution < -0.4 is 5.73 Å². The predicted octanol–water partition coefficient (Wildman–Crippen LogP) is 1.93. The van der Waals surface area contributed by atoms with Crippen molar-refractivity contribution < 1.29 is 0 Å². The molecule has 0 aliphatic heterocycles. The summed E-state index contributed by atoms with van der Waals surface area (Å²) in [5.74, 6) is 0.683. The van der Waals surface area contributed by atoms with Gasteiger partial charge in [0, 0.05) is 12.4 Å². The fraction of sp³-hybridized carbons (Fsp3) is 0.333. The van der Waals surface area contributed by atoms with E-state index in [0.717, 1.165) is 6.42 Å².